The first-order chi connectivity index (χ1) is 9.04. The van der Waals surface area contributed by atoms with Gasteiger partial charge in [0, 0.05) is 5.02 Å². The van der Waals surface area contributed by atoms with Crippen LogP contribution in [0.3, 0.4) is 0 Å². The Balaban J connectivity index is 0.000000861. The molecule has 0 bridgehead atoms. The third-order valence-corrected chi connectivity index (χ3v) is 4.16. The number of Topliss-reactive ketones (excluding diaryl/α,β-unsaturated/α-hetero) is 1. The molecule has 0 aliphatic carbocycles. The van der Waals surface area contributed by atoms with Crippen LogP contribution in [0, 0.1) is 0 Å². The minimum atomic E-state index is -0.295. The van der Waals surface area contributed by atoms with E-state index >= 15 is 0 Å². The summed E-state index contributed by atoms with van der Waals surface area (Å²) in [6.07, 6.45) is 1.81. The summed E-state index contributed by atoms with van der Waals surface area (Å²) in [6.45, 7) is 7.66. The summed E-state index contributed by atoms with van der Waals surface area (Å²) >= 11 is 5.91. The van der Waals surface area contributed by atoms with Crippen LogP contribution in [0.15, 0.2) is 24.3 Å². The zero-order valence-corrected chi connectivity index (χ0v) is 13.1. The molecule has 0 N–H and O–H groups in total. The van der Waals surface area contributed by atoms with E-state index in [9.17, 15) is 4.79 Å². The van der Waals surface area contributed by atoms with Crippen molar-refractivity contribution in [2.24, 2.45) is 0 Å². The number of carbonyl (C=O) groups is 1. The molecule has 1 fully saturated rings. The Morgan fingerprint density at radius 3 is 2.05 bits per heavy atom. The van der Waals surface area contributed by atoms with E-state index < -0.39 is 0 Å². The van der Waals surface area contributed by atoms with Gasteiger partial charge in [0.1, 0.15) is 5.78 Å². The van der Waals surface area contributed by atoms with Crippen LogP contribution in [0.5, 0.6) is 0 Å². The molecule has 0 radical (unpaired) electrons. The number of hydrogen-bond acceptors (Lipinski definition) is 2. The summed E-state index contributed by atoms with van der Waals surface area (Å²) in [5, 5.41) is 0.723. The van der Waals surface area contributed by atoms with Crippen LogP contribution >= 0.6 is 11.6 Å². The highest BCUT2D eigenvalue weighted by molar-refractivity contribution is 6.30. The van der Waals surface area contributed by atoms with Crippen LogP contribution in [0.1, 0.15) is 39.2 Å². The van der Waals surface area contributed by atoms with E-state index in [0.717, 1.165) is 36.5 Å². The van der Waals surface area contributed by atoms with Crippen molar-refractivity contribution >= 4 is 17.4 Å². The van der Waals surface area contributed by atoms with Crippen LogP contribution in [-0.4, -0.2) is 30.8 Å². The summed E-state index contributed by atoms with van der Waals surface area (Å²) in [4.78, 5) is 14.3. The van der Waals surface area contributed by atoms with E-state index in [2.05, 4.69) is 11.9 Å². The molecular weight excluding hydrogens is 258 g/mol. The quantitative estimate of drug-likeness (QED) is 0.819. The fourth-order valence-corrected chi connectivity index (χ4v) is 2.74. The largest absolute Gasteiger partial charge is 0.306 e. The zero-order chi connectivity index (χ0) is 14.5. The Morgan fingerprint density at radius 2 is 1.63 bits per heavy atom. The molecular formula is C16H24ClNO. The zero-order valence-electron chi connectivity index (χ0n) is 12.4. The Hall–Kier alpha value is -0.860. The highest BCUT2D eigenvalue weighted by atomic mass is 35.5. The highest BCUT2D eigenvalue weighted by Gasteiger charge is 2.39. The Kier molecular flexibility index (Phi) is 6.02. The van der Waals surface area contributed by atoms with E-state index in [-0.39, 0.29) is 11.2 Å². The monoisotopic (exact) mass is 281 g/mol. The van der Waals surface area contributed by atoms with Gasteiger partial charge >= 0.3 is 0 Å². The van der Waals surface area contributed by atoms with Crippen LogP contribution in [0.4, 0.5) is 0 Å². The van der Waals surface area contributed by atoms with Crippen LogP contribution in [0.2, 0.25) is 5.02 Å². The first-order valence-corrected chi connectivity index (χ1v) is 7.38. The number of rotatable bonds is 2. The number of carbonyl (C=O) groups excluding carboxylic acids is 1. The van der Waals surface area contributed by atoms with Crippen LogP contribution in [0.25, 0.3) is 0 Å². The van der Waals surface area contributed by atoms with E-state index in [1.807, 2.05) is 38.1 Å². The number of hydrogen-bond donors (Lipinski definition) is 0. The molecule has 0 atom stereocenters. The fraction of sp³-hybridized carbons (Fsp3) is 0.562. The third-order valence-electron chi connectivity index (χ3n) is 3.91. The normalized spacial score (nSPS) is 18.4. The van der Waals surface area contributed by atoms with Crippen molar-refractivity contribution in [1.29, 1.82) is 0 Å². The molecule has 0 saturated carbocycles. The van der Waals surface area contributed by atoms with E-state index in [1.54, 1.807) is 6.92 Å². The number of piperidine rings is 1. The Labute approximate surface area is 121 Å². The third kappa shape index (κ3) is 3.58. The maximum Gasteiger partial charge on any atom is 0.140 e. The summed E-state index contributed by atoms with van der Waals surface area (Å²) in [7, 11) is 2.10. The second-order valence-electron chi connectivity index (χ2n) is 4.95. The van der Waals surface area contributed by atoms with Crippen molar-refractivity contribution < 1.29 is 4.79 Å². The molecule has 3 heteroatoms. The van der Waals surface area contributed by atoms with Crippen molar-refractivity contribution in [3.8, 4) is 0 Å². The lowest BCUT2D eigenvalue weighted by atomic mass is 9.70. The number of nitrogens with zero attached hydrogens (tertiary/aromatic N) is 1. The van der Waals surface area contributed by atoms with E-state index in [1.165, 1.54) is 0 Å². The van der Waals surface area contributed by atoms with E-state index in [0.29, 0.717) is 0 Å². The molecule has 1 heterocycles. The Bertz CT molecular complexity index is 405. The molecule has 0 aromatic heterocycles. The minimum Gasteiger partial charge on any atom is -0.306 e. The maximum atomic E-state index is 12.1. The lowest BCUT2D eigenvalue weighted by molar-refractivity contribution is -0.124. The number of likely N-dealkylation sites (tertiary alicyclic amines) is 1. The van der Waals surface area contributed by atoms with Gasteiger partial charge in [-0.25, -0.2) is 0 Å². The summed E-state index contributed by atoms with van der Waals surface area (Å²) in [6, 6.07) is 7.74. The molecule has 1 saturated heterocycles. The van der Waals surface area contributed by atoms with Gasteiger partial charge in [-0.05, 0) is 57.6 Å². The summed E-state index contributed by atoms with van der Waals surface area (Å²) in [5.74, 6) is 0.271. The van der Waals surface area contributed by atoms with Gasteiger partial charge in [0.25, 0.3) is 0 Å². The molecule has 1 aliphatic rings. The van der Waals surface area contributed by atoms with Gasteiger partial charge in [0.2, 0.25) is 0 Å². The molecule has 19 heavy (non-hydrogen) atoms. The molecule has 106 valence electrons. The molecule has 0 unspecified atom stereocenters. The van der Waals surface area contributed by atoms with Gasteiger partial charge in [-0.3, -0.25) is 4.79 Å². The molecule has 2 rings (SSSR count). The second kappa shape index (κ2) is 7.06. The molecule has 0 spiro atoms. The lowest BCUT2D eigenvalue weighted by Gasteiger charge is -2.39. The predicted molar refractivity (Wildman–Crippen MR) is 81.9 cm³/mol. The van der Waals surface area contributed by atoms with Crippen molar-refractivity contribution in [2.45, 2.75) is 39.0 Å². The molecule has 1 aliphatic heterocycles. The van der Waals surface area contributed by atoms with Crippen molar-refractivity contribution in [3.05, 3.63) is 34.9 Å². The highest BCUT2D eigenvalue weighted by Crippen LogP contribution is 2.36. The average molecular weight is 282 g/mol. The average Bonchev–Trinajstić information content (AvgIpc) is 2.43. The van der Waals surface area contributed by atoms with E-state index in [4.69, 9.17) is 11.6 Å². The SMILES string of the molecule is CC.CC(=O)C1(c2ccc(Cl)cc2)CCN(C)CC1. The second-order valence-corrected chi connectivity index (χ2v) is 5.38. The topological polar surface area (TPSA) is 20.3 Å². The number of halogens is 1. The smallest absolute Gasteiger partial charge is 0.140 e. The number of benzene rings is 1. The Morgan fingerprint density at radius 1 is 1.16 bits per heavy atom. The fourth-order valence-electron chi connectivity index (χ4n) is 2.61. The summed E-state index contributed by atoms with van der Waals surface area (Å²) < 4.78 is 0. The van der Waals surface area contributed by atoms with Crippen LogP contribution < -0.4 is 0 Å². The molecule has 1 aromatic rings. The van der Waals surface area contributed by atoms with Crippen molar-refractivity contribution in [2.75, 3.05) is 20.1 Å². The standard InChI is InChI=1S/C14H18ClNO.C2H6/c1-11(17)14(7-9-16(2)10-8-14)12-3-5-13(15)6-4-12;1-2/h3-6H,7-10H2,1-2H3;1-2H3. The van der Waals surface area contributed by atoms with Gasteiger partial charge in [-0.1, -0.05) is 37.6 Å². The first-order valence-electron chi connectivity index (χ1n) is 7.00. The summed E-state index contributed by atoms with van der Waals surface area (Å²) in [5.41, 5.74) is 0.819. The first kappa shape index (κ1) is 16.2. The van der Waals surface area contributed by atoms with Gasteiger partial charge in [-0.2, -0.15) is 0 Å². The van der Waals surface area contributed by atoms with Crippen LogP contribution in [-0.2, 0) is 10.2 Å². The van der Waals surface area contributed by atoms with Crippen molar-refractivity contribution in [1.82, 2.24) is 4.90 Å². The van der Waals surface area contributed by atoms with Gasteiger partial charge in [0.05, 0.1) is 5.41 Å². The number of ketones is 1. The molecule has 2 nitrogen and oxygen atoms in total. The van der Waals surface area contributed by atoms with Crippen molar-refractivity contribution in [3.63, 3.8) is 0 Å². The van der Waals surface area contributed by atoms with Gasteiger partial charge in [-0.15, -0.1) is 0 Å². The lowest BCUT2D eigenvalue weighted by Crippen LogP contribution is -2.45. The molecule has 0 amide bonds. The minimum absolute atomic E-state index is 0.271. The van der Waals surface area contributed by atoms with Gasteiger partial charge in [0.15, 0.2) is 0 Å². The molecule has 1 aromatic carbocycles. The predicted octanol–water partition coefficient (Wildman–Crippen LogP) is 3.92. The maximum absolute atomic E-state index is 12.1. The van der Waals surface area contributed by atoms with Gasteiger partial charge < -0.3 is 4.90 Å².